The van der Waals surface area contributed by atoms with Crippen LogP contribution in [0.25, 0.3) is 0 Å². The predicted molar refractivity (Wildman–Crippen MR) is 75.4 cm³/mol. The van der Waals surface area contributed by atoms with Gasteiger partial charge in [0.15, 0.2) is 5.78 Å². The number of amides is 1. The Morgan fingerprint density at radius 1 is 0.950 bits per heavy atom. The summed E-state index contributed by atoms with van der Waals surface area (Å²) in [5, 5.41) is 0. The second-order valence-electron chi connectivity index (χ2n) is 4.10. The van der Waals surface area contributed by atoms with Gasteiger partial charge in [0, 0.05) is 11.1 Å². The molecule has 0 unspecified atom stereocenters. The van der Waals surface area contributed by atoms with E-state index in [4.69, 9.17) is 4.84 Å². The van der Waals surface area contributed by atoms with Crippen molar-refractivity contribution in [3.63, 3.8) is 0 Å². The summed E-state index contributed by atoms with van der Waals surface area (Å²) in [5.41, 5.74) is 3.51. The number of hydrogen-bond acceptors (Lipinski definition) is 3. The molecular weight excluding hydrogens is 254 g/mol. The molecule has 0 atom stereocenters. The van der Waals surface area contributed by atoms with Gasteiger partial charge in [0.05, 0.1) is 12.2 Å². The van der Waals surface area contributed by atoms with E-state index >= 15 is 0 Å². The van der Waals surface area contributed by atoms with Gasteiger partial charge in [-0.3, -0.25) is 14.4 Å². The van der Waals surface area contributed by atoms with E-state index in [1.54, 1.807) is 55.5 Å². The average molecular weight is 269 g/mol. The van der Waals surface area contributed by atoms with E-state index < -0.39 is 5.91 Å². The highest BCUT2D eigenvalue weighted by atomic mass is 16.6. The van der Waals surface area contributed by atoms with Gasteiger partial charge >= 0.3 is 0 Å². The van der Waals surface area contributed by atoms with E-state index in [0.717, 1.165) is 0 Å². The second kappa shape index (κ2) is 6.63. The molecule has 1 N–H and O–H groups in total. The van der Waals surface area contributed by atoms with Crippen molar-refractivity contribution in [3.05, 3.63) is 71.3 Å². The Balaban J connectivity index is 2.33. The van der Waals surface area contributed by atoms with Gasteiger partial charge in [-0.15, -0.1) is 0 Å². The average Bonchev–Trinajstić information content (AvgIpc) is 2.52. The summed E-state index contributed by atoms with van der Waals surface area (Å²) in [5.74, 6) is -0.612. The van der Waals surface area contributed by atoms with Crippen LogP contribution in [0.4, 0.5) is 0 Å². The minimum Gasteiger partial charge on any atom is -0.289 e. The molecule has 1 amide bonds. The molecule has 0 heterocycles. The van der Waals surface area contributed by atoms with E-state index in [-0.39, 0.29) is 5.78 Å². The summed E-state index contributed by atoms with van der Waals surface area (Å²) < 4.78 is 0. The summed E-state index contributed by atoms with van der Waals surface area (Å²) in [4.78, 5) is 29.3. The largest absolute Gasteiger partial charge is 0.289 e. The minimum atomic E-state index is -0.424. The van der Waals surface area contributed by atoms with Crippen LogP contribution in [-0.4, -0.2) is 18.3 Å². The predicted octanol–water partition coefficient (Wildman–Crippen LogP) is 2.60. The number of hydroxylamine groups is 1. The highest BCUT2D eigenvalue weighted by Crippen LogP contribution is 2.14. The van der Waals surface area contributed by atoms with Crippen LogP contribution in [0.1, 0.15) is 33.2 Å². The number of ketones is 1. The van der Waals surface area contributed by atoms with Crippen molar-refractivity contribution in [2.45, 2.75) is 6.92 Å². The second-order valence-corrected chi connectivity index (χ2v) is 4.10. The van der Waals surface area contributed by atoms with Gasteiger partial charge in [0.2, 0.25) is 0 Å². The van der Waals surface area contributed by atoms with Crippen LogP contribution in [-0.2, 0) is 4.84 Å². The maximum absolute atomic E-state index is 12.4. The van der Waals surface area contributed by atoms with E-state index in [1.165, 1.54) is 0 Å². The Morgan fingerprint density at radius 2 is 1.55 bits per heavy atom. The Kier molecular flexibility index (Phi) is 4.63. The molecule has 0 bridgehead atoms. The number of benzene rings is 2. The van der Waals surface area contributed by atoms with Crippen molar-refractivity contribution in [2.75, 3.05) is 6.61 Å². The fraction of sp³-hybridized carbons (Fsp3) is 0.125. The quantitative estimate of drug-likeness (QED) is 0.670. The van der Waals surface area contributed by atoms with Gasteiger partial charge in [-0.1, -0.05) is 48.5 Å². The van der Waals surface area contributed by atoms with Gasteiger partial charge in [-0.05, 0) is 13.0 Å². The number of nitrogens with one attached hydrogen (secondary N) is 1. The molecular formula is C16H15NO3. The smallest absolute Gasteiger partial charge is 0.275 e. The number of rotatable bonds is 5. The van der Waals surface area contributed by atoms with Crippen molar-refractivity contribution in [3.8, 4) is 0 Å². The summed E-state index contributed by atoms with van der Waals surface area (Å²) in [6, 6.07) is 15.5. The third kappa shape index (κ3) is 3.10. The van der Waals surface area contributed by atoms with Crippen LogP contribution in [0, 0.1) is 0 Å². The monoisotopic (exact) mass is 269 g/mol. The van der Waals surface area contributed by atoms with Crippen molar-refractivity contribution < 1.29 is 14.4 Å². The molecule has 2 aromatic carbocycles. The van der Waals surface area contributed by atoms with Crippen molar-refractivity contribution in [2.24, 2.45) is 0 Å². The van der Waals surface area contributed by atoms with Gasteiger partial charge in [-0.25, -0.2) is 5.48 Å². The molecule has 0 aliphatic rings. The topological polar surface area (TPSA) is 55.4 Å². The highest BCUT2D eigenvalue weighted by molar-refractivity contribution is 6.15. The van der Waals surface area contributed by atoms with E-state index in [9.17, 15) is 9.59 Å². The van der Waals surface area contributed by atoms with Crippen LogP contribution < -0.4 is 5.48 Å². The Morgan fingerprint density at radius 3 is 2.20 bits per heavy atom. The molecule has 0 aliphatic heterocycles. The Hall–Kier alpha value is -2.46. The maximum atomic E-state index is 12.4. The number of hydrogen-bond donors (Lipinski definition) is 1. The van der Waals surface area contributed by atoms with E-state index in [0.29, 0.717) is 23.3 Å². The molecule has 4 heteroatoms. The number of carbonyl (C=O) groups excluding carboxylic acids is 2. The summed E-state index contributed by atoms with van der Waals surface area (Å²) in [7, 11) is 0. The van der Waals surface area contributed by atoms with Crippen LogP contribution in [0.15, 0.2) is 54.6 Å². The first-order chi connectivity index (χ1) is 9.74. The molecule has 0 fully saturated rings. The molecule has 0 saturated heterocycles. The normalized spacial score (nSPS) is 10.1. The zero-order valence-corrected chi connectivity index (χ0v) is 11.1. The first-order valence-corrected chi connectivity index (χ1v) is 6.35. The minimum absolute atomic E-state index is 0.187. The van der Waals surface area contributed by atoms with Crippen molar-refractivity contribution >= 4 is 11.7 Å². The molecule has 0 spiro atoms. The lowest BCUT2D eigenvalue weighted by molar-refractivity contribution is 0.0363. The van der Waals surface area contributed by atoms with Crippen molar-refractivity contribution in [1.82, 2.24) is 5.48 Å². The lowest BCUT2D eigenvalue weighted by atomic mass is 9.98. The molecule has 0 aliphatic carbocycles. The summed E-state index contributed by atoms with van der Waals surface area (Å²) in [6.07, 6.45) is 0. The maximum Gasteiger partial charge on any atom is 0.275 e. The fourth-order valence-electron chi connectivity index (χ4n) is 1.82. The SMILES string of the molecule is CCONC(=O)c1ccccc1C(=O)c1ccccc1. The molecule has 2 aromatic rings. The van der Waals surface area contributed by atoms with Crippen LogP contribution in [0.2, 0.25) is 0 Å². The molecule has 0 aromatic heterocycles. The van der Waals surface area contributed by atoms with E-state index in [2.05, 4.69) is 5.48 Å². The molecule has 0 saturated carbocycles. The van der Waals surface area contributed by atoms with Crippen LogP contribution in [0.5, 0.6) is 0 Å². The summed E-state index contributed by atoms with van der Waals surface area (Å²) in [6.45, 7) is 2.13. The third-order valence-corrected chi connectivity index (χ3v) is 2.76. The lowest BCUT2D eigenvalue weighted by Crippen LogP contribution is -2.25. The lowest BCUT2D eigenvalue weighted by Gasteiger charge is -2.08. The van der Waals surface area contributed by atoms with Gasteiger partial charge in [0.25, 0.3) is 5.91 Å². The first kappa shape index (κ1) is 14.0. The molecule has 2 rings (SSSR count). The van der Waals surface area contributed by atoms with Gasteiger partial charge in [-0.2, -0.15) is 0 Å². The standard InChI is InChI=1S/C16H15NO3/c1-2-20-17-16(19)14-11-7-6-10-13(14)15(18)12-8-4-3-5-9-12/h3-11H,2H2,1H3,(H,17,19). The first-order valence-electron chi connectivity index (χ1n) is 6.35. The zero-order valence-electron chi connectivity index (χ0n) is 11.1. The van der Waals surface area contributed by atoms with Gasteiger partial charge in [0.1, 0.15) is 0 Å². The Labute approximate surface area is 117 Å². The summed E-state index contributed by atoms with van der Waals surface area (Å²) >= 11 is 0. The van der Waals surface area contributed by atoms with E-state index in [1.807, 2.05) is 6.07 Å². The van der Waals surface area contributed by atoms with Crippen LogP contribution in [0.3, 0.4) is 0 Å². The highest BCUT2D eigenvalue weighted by Gasteiger charge is 2.17. The molecule has 20 heavy (non-hydrogen) atoms. The Bertz CT molecular complexity index is 608. The third-order valence-electron chi connectivity index (χ3n) is 2.76. The molecule has 102 valence electrons. The van der Waals surface area contributed by atoms with Crippen LogP contribution >= 0.6 is 0 Å². The molecule has 4 nitrogen and oxygen atoms in total. The molecule has 0 radical (unpaired) electrons. The number of carbonyl (C=O) groups is 2. The zero-order chi connectivity index (χ0) is 14.4. The van der Waals surface area contributed by atoms with Gasteiger partial charge < -0.3 is 0 Å². The van der Waals surface area contributed by atoms with Crippen molar-refractivity contribution in [1.29, 1.82) is 0 Å². The fourth-order valence-corrected chi connectivity index (χ4v) is 1.82.